The second-order valence-corrected chi connectivity index (χ2v) is 7.83. The van der Waals surface area contributed by atoms with E-state index in [0.717, 1.165) is 16.8 Å². The third kappa shape index (κ3) is 3.15. The van der Waals surface area contributed by atoms with Crippen LogP contribution in [-0.2, 0) is 6.54 Å². The molecule has 0 atom stereocenters. The van der Waals surface area contributed by atoms with E-state index < -0.39 is 5.82 Å². The van der Waals surface area contributed by atoms with E-state index in [1.807, 2.05) is 28.9 Å². The number of aromatic nitrogens is 7. The first-order valence-electron chi connectivity index (χ1n) is 10.4. The number of halogens is 1. The van der Waals surface area contributed by atoms with Gasteiger partial charge in [0.25, 0.3) is 0 Å². The lowest BCUT2D eigenvalue weighted by Crippen LogP contribution is -2.04. The molecule has 164 valence electrons. The minimum Gasteiger partial charge on any atom is -0.380 e. The van der Waals surface area contributed by atoms with Crippen molar-refractivity contribution in [2.75, 3.05) is 5.73 Å². The van der Waals surface area contributed by atoms with E-state index in [9.17, 15) is 4.39 Å². The summed E-state index contributed by atoms with van der Waals surface area (Å²) < 4.78 is 18.3. The maximum Gasteiger partial charge on any atom is 0.172 e. The Hall–Kier alpha value is -5.04. The predicted octanol–water partition coefficient (Wildman–Crippen LogP) is 3.80. The van der Waals surface area contributed by atoms with Crippen molar-refractivity contribution in [3.8, 4) is 23.0 Å². The van der Waals surface area contributed by atoms with Gasteiger partial charge in [0, 0.05) is 23.3 Å². The van der Waals surface area contributed by atoms with Crippen LogP contribution in [0.5, 0.6) is 0 Å². The van der Waals surface area contributed by atoms with Crippen LogP contribution in [0.15, 0.2) is 67.1 Å². The van der Waals surface area contributed by atoms with Crippen molar-refractivity contribution in [1.29, 1.82) is 5.26 Å². The molecule has 3 N–H and O–H groups in total. The fourth-order valence-electron chi connectivity index (χ4n) is 4.02. The molecule has 10 heteroatoms. The van der Waals surface area contributed by atoms with E-state index in [2.05, 4.69) is 31.4 Å². The molecule has 0 fully saturated rings. The van der Waals surface area contributed by atoms with Gasteiger partial charge in [-0.2, -0.15) is 15.5 Å². The third-order valence-electron chi connectivity index (χ3n) is 5.71. The maximum absolute atomic E-state index is 15.0. The number of rotatable bonds is 4. The monoisotopic (exact) mass is 449 g/mol. The summed E-state index contributed by atoms with van der Waals surface area (Å²) in [5.74, 6) is -0.244. The molecule has 0 aliphatic rings. The molecular formula is C24H16FN9. The molecular weight excluding hydrogens is 433 g/mol. The van der Waals surface area contributed by atoms with Gasteiger partial charge in [-0.3, -0.25) is 9.78 Å². The SMILES string of the molecule is N#Cc1ccc(Cn2nccc2-c2cnc3c(N)nn(-c4cc5[nH]ncc5cc4F)c3c2)cc1. The Morgan fingerprint density at radius 1 is 1.09 bits per heavy atom. The van der Waals surface area contributed by atoms with E-state index in [0.29, 0.717) is 34.0 Å². The van der Waals surface area contributed by atoms with E-state index >= 15 is 0 Å². The van der Waals surface area contributed by atoms with Crippen molar-refractivity contribution in [3.05, 3.63) is 84.1 Å². The normalized spacial score (nSPS) is 11.3. The highest BCUT2D eigenvalue weighted by Crippen LogP contribution is 2.29. The number of nitrogens with zero attached hydrogens (tertiary/aromatic N) is 7. The van der Waals surface area contributed by atoms with Crippen molar-refractivity contribution in [2.45, 2.75) is 6.54 Å². The van der Waals surface area contributed by atoms with Gasteiger partial charge >= 0.3 is 0 Å². The minimum absolute atomic E-state index is 0.205. The Kier molecular flexibility index (Phi) is 4.35. The van der Waals surface area contributed by atoms with E-state index in [-0.39, 0.29) is 11.5 Å². The highest BCUT2D eigenvalue weighted by Gasteiger charge is 2.17. The second kappa shape index (κ2) is 7.53. The molecule has 34 heavy (non-hydrogen) atoms. The molecule has 0 spiro atoms. The Bertz CT molecular complexity index is 1720. The molecule has 0 aliphatic heterocycles. The van der Waals surface area contributed by atoms with Crippen molar-refractivity contribution < 1.29 is 4.39 Å². The number of hydrogen-bond donors (Lipinski definition) is 2. The van der Waals surface area contributed by atoms with Crippen molar-refractivity contribution in [2.24, 2.45) is 0 Å². The largest absolute Gasteiger partial charge is 0.380 e. The van der Waals surface area contributed by atoms with Crippen LogP contribution in [0, 0.1) is 17.1 Å². The van der Waals surface area contributed by atoms with E-state index in [1.54, 1.807) is 36.8 Å². The summed E-state index contributed by atoms with van der Waals surface area (Å²) in [5, 5.41) is 25.3. The summed E-state index contributed by atoms with van der Waals surface area (Å²) in [7, 11) is 0. The number of nitrogens with two attached hydrogens (primary N) is 1. The first kappa shape index (κ1) is 19.6. The highest BCUT2D eigenvalue weighted by atomic mass is 19.1. The molecule has 0 saturated heterocycles. The van der Waals surface area contributed by atoms with Gasteiger partial charge in [-0.15, -0.1) is 5.10 Å². The highest BCUT2D eigenvalue weighted by molar-refractivity contribution is 5.90. The zero-order valence-electron chi connectivity index (χ0n) is 17.6. The Labute approximate surface area is 191 Å². The van der Waals surface area contributed by atoms with Gasteiger partial charge in [0.2, 0.25) is 0 Å². The van der Waals surface area contributed by atoms with Crippen molar-refractivity contribution in [1.82, 2.24) is 34.7 Å². The number of nitriles is 1. The first-order valence-corrected chi connectivity index (χ1v) is 10.4. The third-order valence-corrected chi connectivity index (χ3v) is 5.71. The van der Waals surface area contributed by atoms with Crippen LogP contribution in [0.3, 0.4) is 0 Å². The molecule has 9 nitrogen and oxygen atoms in total. The average molecular weight is 449 g/mol. The standard InChI is InChI=1S/C24H16FN9/c25-18-7-16-12-29-31-19(16)9-21(18)34-22-8-17(11-28-23(22)24(27)32-34)20-5-6-30-33(20)13-15-3-1-14(10-26)2-4-15/h1-9,11-12H,13H2,(H2,27,32)(H,29,31). The summed E-state index contributed by atoms with van der Waals surface area (Å²) in [6.45, 7) is 0.512. The summed E-state index contributed by atoms with van der Waals surface area (Å²) in [4.78, 5) is 4.51. The summed E-state index contributed by atoms with van der Waals surface area (Å²) in [5.41, 5.74) is 11.3. The van der Waals surface area contributed by atoms with Gasteiger partial charge in [0.05, 0.1) is 41.1 Å². The van der Waals surface area contributed by atoms with Crippen molar-refractivity contribution in [3.63, 3.8) is 0 Å². The lowest BCUT2D eigenvalue weighted by molar-refractivity contribution is 0.615. The van der Waals surface area contributed by atoms with Crippen LogP contribution in [0.4, 0.5) is 10.2 Å². The van der Waals surface area contributed by atoms with Gasteiger partial charge < -0.3 is 5.73 Å². The number of H-pyrrole nitrogens is 1. The number of anilines is 1. The second-order valence-electron chi connectivity index (χ2n) is 7.83. The molecule has 6 rings (SSSR count). The van der Waals surface area contributed by atoms with Crippen LogP contribution in [0.1, 0.15) is 11.1 Å². The van der Waals surface area contributed by atoms with Crippen LogP contribution in [0.2, 0.25) is 0 Å². The van der Waals surface area contributed by atoms with Crippen LogP contribution in [-0.4, -0.2) is 34.7 Å². The zero-order chi connectivity index (χ0) is 23.2. The number of pyridine rings is 1. The lowest BCUT2D eigenvalue weighted by Gasteiger charge is -2.09. The van der Waals surface area contributed by atoms with Crippen LogP contribution < -0.4 is 5.73 Å². The summed E-state index contributed by atoms with van der Waals surface area (Å²) in [6, 6.07) is 16.3. The fraction of sp³-hybridized carbons (Fsp3) is 0.0417. The minimum atomic E-state index is -0.449. The van der Waals surface area contributed by atoms with Gasteiger partial charge in [-0.1, -0.05) is 12.1 Å². The Morgan fingerprint density at radius 3 is 2.76 bits per heavy atom. The number of aromatic amines is 1. The maximum atomic E-state index is 15.0. The zero-order valence-corrected chi connectivity index (χ0v) is 17.6. The van der Waals surface area contributed by atoms with Gasteiger partial charge in [-0.05, 0) is 42.0 Å². The molecule has 0 aliphatic carbocycles. The molecule has 0 saturated carbocycles. The average Bonchev–Trinajstić information content (AvgIpc) is 3.58. The summed E-state index contributed by atoms with van der Waals surface area (Å²) >= 11 is 0. The number of benzene rings is 2. The number of nitrogens with one attached hydrogen (secondary N) is 1. The summed E-state index contributed by atoms with van der Waals surface area (Å²) in [6.07, 6.45) is 4.97. The number of nitrogen functional groups attached to an aromatic ring is 1. The fourth-order valence-corrected chi connectivity index (χ4v) is 4.02. The molecule has 4 aromatic heterocycles. The molecule has 0 radical (unpaired) electrons. The Balaban J connectivity index is 1.44. The van der Waals surface area contributed by atoms with Gasteiger partial charge in [0.1, 0.15) is 17.0 Å². The van der Waals surface area contributed by atoms with E-state index in [1.165, 1.54) is 10.7 Å². The smallest absolute Gasteiger partial charge is 0.172 e. The van der Waals surface area contributed by atoms with Crippen LogP contribution in [0.25, 0.3) is 38.9 Å². The molecule has 6 aromatic rings. The topological polar surface area (TPSA) is 127 Å². The molecule has 2 aromatic carbocycles. The lowest BCUT2D eigenvalue weighted by atomic mass is 10.1. The van der Waals surface area contributed by atoms with Gasteiger partial charge in [-0.25, -0.2) is 14.1 Å². The Morgan fingerprint density at radius 2 is 1.94 bits per heavy atom. The van der Waals surface area contributed by atoms with Crippen LogP contribution >= 0.6 is 0 Å². The molecule has 0 amide bonds. The first-order chi connectivity index (χ1) is 16.6. The predicted molar refractivity (Wildman–Crippen MR) is 124 cm³/mol. The number of hydrogen-bond acceptors (Lipinski definition) is 6. The molecule has 0 unspecified atom stereocenters. The molecule has 4 heterocycles. The number of fused-ring (bicyclic) bond motifs is 2. The van der Waals surface area contributed by atoms with Gasteiger partial charge in [0.15, 0.2) is 5.82 Å². The van der Waals surface area contributed by atoms with Crippen molar-refractivity contribution >= 4 is 27.8 Å². The molecule has 0 bridgehead atoms. The quantitative estimate of drug-likeness (QED) is 0.421. The van der Waals surface area contributed by atoms with E-state index in [4.69, 9.17) is 11.0 Å².